The van der Waals surface area contributed by atoms with Crippen molar-refractivity contribution in [3.63, 3.8) is 0 Å². The molecule has 0 spiro atoms. The van der Waals surface area contributed by atoms with Crippen LogP contribution in [0.5, 0.6) is 0 Å². The molecule has 0 bridgehead atoms. The van der Waals surface area contributed by atoms with E-state index in [0.717, 1.165) is 24.3 Å². The lowest BCUT2D eigenvalue weighted by Gasteiger charge is -2.21. The van der Waals surface area contributed by atoms with Gasteiger partial charge in [-0.25, -0.2) is 0 Å². The van der Waals surface area contributed by atoms with Crippen LogP contribution in [0.15, 0.2) is 4.79 Å². The molecule has 0 radical (unpaired) electrons. The molecule has 0 amide bonds. The van der Waals surface area contributed by atoms with E-state index in [1.807, 2.05) is 4.68 Å². The minimum Gasteiger partial charge on any atom is -0.311 e. The number of nitrogens with zero attached hydrogens (tertiary/aromatic N) is 1. The van der Waals surface area contributed by atoms with Crippen molar-refractivity contribution in [1.29, 1.82) is 0 Å². The number of fused-ring (bicyclic) bond motifs is 1. The maximum Gasteiger partial charge on any atom is 0.267 e. The monoisotopic (exact) mass is 195 g/mol. The SMILES string of the molecule is CC(C)n1[nH]c(=O)c2c1CNC[C@@H]2C. The molecule has 1 aliphatic heterocycles. The number of hydrogen-bond donors (Lipinski definition) is 2. The van der Waals surface area contributed by atoms with Crippen molar-refractivity contribution < 1.29 is 0 Å². The molecular formula is C10H17N3O. The zero-order valence-corrected chi connectivity index (χ0v) is 8.92. The van der Waals surface area contributed by atoms with Gasteiger partial charge in [0.2, 0.25) is 0 Å². The van der Waals surface area contributed by atoms with Crippen molar-refractivity contribution in [3.8, 4) is 0 Å². The van der Waals surface area contributed by atoms with Gasteiger partial charge in [0, 0.05) is 30.6 Å². The van der Waals surface area contributed by atoms with E-state index in [0.29, 0.717) is 12.0 Å². The Bertz CT molecular complexity index is 389. The molecule has 1 atom stereocenters. The number of rotatable bonds is 1. The van der Waals surface area contributed by atoms with Gasteiger partial charge in [0.1, 0.15) is 0 Å². The highest BCUT2D eigenvalue weighted by molar-refractivity contribution is 5.25. The fourth-order valence-corrected chi connectivity index (χ4v) is 2.14. The zero-order chi connectivity index (χ0) is 10.3. The Morgan fingerprint density at radius 3 is 2.86 bits per heavy atom. The van der Waals surface area contributed by atoms with E-state index in [1.54, 1.807) is 0 Å². The van der Waals surface area contributed by atoms with Crippen LogP contribution in [-0.2, 0) is 6.54 Å². The van der Waals surface area contributed by atoms with Gasteiger partial charge in [0.25, 0.3) is 5.56 Å². The van der Waals surface area contributed by atoms with E-state index >= 15 is 0 Å². The maximum atomic E-state index is 11.7. The number of H-pyrrole nitrogens is 1. The molecular weight excluding hydrogens is 178 g/mol. The fraction of sp³-hybridized carbons (Fsp3) is 0.700. The normalized spacial score (nSPS) is 21.3. The summed E-state index contributed by atoms with van der Waals surface area (Å²) in [5, 5.41) is 6.23. The van der Waals surface area contributed by atoms with Crippen LogP contribution in [0.3, 0.4) is 0 Å². The molecule has 0 saturated carbocycles. The largest absolute Gasteiger partial charge is 0.311 e. The van der Waals surface area contributed by atoms with Crippen LogP contribution in [0, 0.1) is 0 Å². The van der Waals surface area contributed by atoms with Gasteiger partial charge in [-0.05, 0) is 13.8 Å². The van der Waals surface area contributed by atoms with E-state index < -0.39 is 0 Å². The molecule has 14 heavy (non-hydrogen) atoms. The van der Waals surface area contributed by atoms with Crippen molar-refractivity contribution in [1.82, 2.24) is 15.1 Å². The summed E-state index contributed by atoms with van der Waals surface area (Å²) in [6.45, 7) is 7.95. The van der Waals surface area contributed by atoms with Crippen LogP contribution in [0.2, 0.25) is 0 Å². The Morgan fingerprint density at radius 2 is 2.21 bits per heavy atom. The van der Waals surface area contributed by atoms with Crippen molar-refractivity contribution in [2.75, 3.05) is 6.54 Å². The smallest absolute Gasteiger partial charge is 0.267 e. The first-order valence-electron chi connectivity index (χ1n) is 5.15. The van der Waals surface area contributed by atoms with Gasteiger partial charge in [-0.2, -0.15) is 0 Å². The van der Waals surface area contributed by atoms with Crippen LogP contribution in [-0.4, -0.2) is 16.3 Å². The van der Waals surface area contributed by atoms with Gasteiger partial charge < -0.3 is 5.32 Å². The Labute approximate surface area is 83.3 Å². The van der Waals surface area contributed by atoms with Crippen LogP contribution in [0.25, 0.3) is 0 Å². The second-order valence-corrected chi connectivity index (χ2v) is 4.30. The van der Waals surface area contributed by atoms with Gasteiger partial charge in [-0.1, -0.05) is 6.92 Å². The fourth-order valence-electron chi connectivity index (χ4n) is 2.14. The summed E-state index contributed by atoms with van der Waals surface area (Å²) in [4.78, 5) is 11.7. The summed E-state index contributed by atoms with van der Waals surface area (Å²) < 4.78 is 1.97. The number of nitrogens with one attached hydrogen (secondary N) is 2. The lowest BCUT2D eigenvalue weighted by atomic mass is 9.98. The van der Waals surface area contributed by atoms with E-state index in [9.17, 15) is 4.79 Å². The third kappa shape index (κ3) is 1.30. The summed E-state index contributed by atoms with van der Waals surface area (Å²) >= 11 is 0. The molecule has 1 aliphatic rings. The zero-order valence-electron chi connectivity index (χ0n) is 8.92. The highest BCUT2D eigenvalue weighted by atomic mass is 16.1. The molecule has 0 aliphatic carbocycles. The van der Waals surface area contributed by atoms with E-state index in [4.69, 9.17) is 0 Å². The summed E-state index contributed by atoms with van der Waals surface area (Å²) in [6.07, 6.45) is 0. The van der Waals surface area contributed by atoms with Crippen molar-refractivity contribution >= 4 is 0 Å². The Hall–Kier alpha value is -1.03. The lowest BCUT2D eigenvalue weighted by Crippen LogP contribution is -2.30. The Kier molecular flexibility index (Phi) is 2.23. The average molecular weight is 195 g/mol. The number of aromatic amines is 1. The van der Waals surface area contributed by atoms with Gasteiger partial charge in [-0.15, -0.1) is 0 Å². The number of hydrogen-bond acceptors (Lipinski definition) is 2. The molecule has 1 aromatic rings. The highest BCUT2D eigenvalue weighted by Crippen LogP contribution is 2.21. The van der Waals surface area contributed by atoms with Crippen molar-refractivity contribution in [2.45, 2.75) is 39.3 Å². The second-order valence-electron chi connectivity index (χ2n) is 4.30. The van der Waals surface area contributed by atoms with E-state index in [-0.39, 0.29) is 5.56 Å². The lowest BCUT2D eigenvalue weighted by molar-refractivity contribution is 0.473. The molecule has 4 nitrogen and oxygen atoms in total. The van der Waals surface area contributed by atoms with E-state index in [1.165, 1.54) is 0 Å². The minimum atomic E-state index is 0.0858. The summed E-state index contributed by atoms with van der Waals surface area (Å²) in [6, 6.07) is 0.318. The number of aromatic nitrogens is 2. The van der Waals surface area contributed by atoms with Crippen LogP contribution >= 0.6 is 0 Å². The Balaban J connectivity index is 2.58. The van der Waals surface area contributed by atoms with Gasteiger partial charge in [-0.3, -0.25) is 14.6 Å². The third-order valence-corrected chi connectivity index (χ3v) is 2.82. The molecule has 0 aromatic carbocycles. The quantitative estimate of drug-likeness (QED) is 0.701. The predicted octanol–water partition coefficient (Wildman–Crippen LogP) is 0.964. The molecule has 0 saturated heterocycles. The minimum absolute atomic E-state index is 0.0858. The highest BCUT2D eigenvalue weighted by Gasteiger charge is 2.24. The summed E-state index contributed by atoms with van der Waals surface area (Å²) in [5.74, 6) is 0.322. The van der Waals surface area contributed by atoms with Crippen LogP contribution in [0.1, 0.15) is 44.0 Å². The van der Waals surface area contributed by atoms with Crippen LogP contribution < -0.4 is 10.9 Å². The molecule has 4 heteroatoms. The molecule has 78 valence electrons. The van der Waals surface area contributed by atoms with E-state index in [2.05, 4.69) is 31.2 Å². The Morgan fingerprint density at radius 1 is 1.50 bits per heavy atom. The first-order chi connectivity index (χ1) is 6.61. The van der Waals surface area contributed by atoms with Gasteiger partial charge in [0.15, 0.2) is 0 Å². The second kappa shape index (κ2) is 3.28. The van der Waals surface area contributed by atoms with Crippen molar-refractivity contribution in [2.24, 2.45) is 0 Å². The molecule has 0 unspecified atom stereocenters. The molecule has 2 rings (SSSR count). The average Bonchev–Trinajstić information content (AvgIpc) is 2.45. The maximum absolute atomic E-state index is 11.7. The van der Waals surface area contributed by atoms with Gasteiger partial charge >= 0.3 is 0 Å². The third-order valence-electron chi connectivity index (χ3n) is 2.82. The van der Waals surface area contributed by atoms with Crippen molar-refractivity contribution in [3.05, 3.63) is 21.6 Å². The first kappa shape index (κ1) is 9.52. The molecule has 0 fully saturated rings. The topological polar surface area (TPSA) is 49.8 Å². The van der Waals surface area contributed by atoms with Gasteiger partial charge in [0.05, 0.1) is 5.69 Å². The summed E-state index contributed by atoms with van der Waals surface area (Å²) in [7, 11) is 0. The van der Waals surface area contributed by atoms with Crippen LogP contribution in [0.4, 0.5) is 0 Å². The molecule has 1 aromatic heterocycles. The predicted molar refractivity (Wildman–Crippen MR) is 55.6 cm³/mol. The summed E-state index contributed by atoms with van der Waals surface area (Å²) in [5.41, 5.74) is 2.18. The molecule has 2 N–H and O–H groups in total. The first-order valence-corrected chi connectivity index (χ1v) is 5.15. The standard InChI is InChI=1S/C10H17N3O/c1-6(2)13-8-5-11-4-7(3)9(8)10(14)12-13/h6-7,11H,4-5H2,1-3H3,(H,12,14)/t7-/m0/s1. The molecule has 2 heterocycles.